The minimum absolute atomic E-state index is 0.542. The summed E-state index contributed by atoms with van der Waals surface area (Å²) in [5, 5.41) is 22.1. The van der Waals surface area contributed by atoms with Crippen LogP contribution < -0.4 is 0 Å². The Morgan fingerprint density at radius 3 is 2.39 bits per heavy atom. The van der Waals surface area contributed by atoms with Crippen molar-refractivity contribution in [1.29, 1.82) is 0 Å². The van der Waals surface area contributed by atoms with Gasteiger partial charge in [-0.3, -0.25) is 0 Å². The first-order valence-electron chi connectivity index (χ1n) is 9.31. The molecule has 1 saturated carbocycles. The molecule has 8 heteroatoms. The van der Waals surface area contributed by atoms with E-state index in [1.807, 2.05) is 36.4 Å². The largest absolute Gasteiger partial charge is 0.301 e. The van der Waals surface area contributed by atoms with Crippen LogP contribution in [-0.4, -0.2) is 35.0 Å². The molecule has 5 rings (SSSR count). The van der Waals surface area contributed by atoms with Crippen LogP contribution in [0.2, 0.25) is 0 Å². The Labute approximate surface area is 166 Å². The van der Waals surface area contributed by atoms with Crippen LogP contribution in [0.25, 0.3) is 5.69 Å². The van der Waals surface area contributed by atoms with Crippen LogP contribution in [0.5, 0.6) is 0 Å². The summed E-state index contributed by atoms with van der Waals surface area (Å²) in [5.74, 6) is 3.05. The summed E-state index contributed by atoms with van der Waals surface area (Å²) in [5.41, 5.74) is 2.20. The smallest absolute Gasteiger partial charge is 0.191 e. The Morgan fingerprint density at radius 1 is 0.893 bits per heavy atom. The van der Waals surface area contributed by atoms with Gasteiger partial charge in [-0.15, -0.1) is 15.3 Å². The maximum Gasteiger partial charge on any atom is 0.191 e. The van der Waals surface area contributed by atoms with Crippen molar-refractivity contribution < 1.29 is 0 Å². The minimum atomic E-state index is 0.542. The van der Waals surface area contributed by atoms with E-state index in [-0.39, 0.29) is 0 Å². The molecule has 1 aliphatic rings. The lowest BCUT2D eigenvalue weighted by Gasteiger charge is -2.10. The molecule has 0 saturated heterocycles. The molecule has 0 amide bonds. The Balaban J connectivity index is 1.39. The highest BCUT2D eigenvalue weighted by Gasteiger charge is 2.30. The molecule has 140 valence electrons. The molecule has 0 bridgehead atoms. The number of benzene rings is 2. The lowest BCUT2D eigenvalue weighted by Crippen LogP contribution is -2.07. The molecule has 2 aromatic carbocycles. The summed E-state index contributed by atoms with van der Waals surface area (Å²) >= 11 is 1.62. The van der Waals surface area contributed by atoms with E-state index in [0.717, 1.165) is 29.0 Å². The van der Waals surface area contributed by atoms with Gasteiger partial charge in [0.15, 0.2) is 11.0 Å². The SMILES string of the molecule is c1ccc(Cn2c(SCc3nnnn3-c3ccccc3)nnc2C2CC2)cc1. The predicted octanol–water partition coefficient (Wildman–Crippen LogP) is 3.47. The Hall–Kier alpha value is -3.00. The van der Waals surface area contributed by atoms with Gasteiger partial charge >= 0.3 is 0 Å². The van der Waals surface area contributed by atoms with Crippen LogP contribution in [0.15, 0.2) is 65.8 Å². The average Bonchev–Trinajstić information content (AvgIpc) is 3.35. The lowest BCUT2D eigenvalue weighted by molar-refractivity contribution is 0.667. The van der Waals surface area contributed by atoms with Gasteiger partial charge in [-0.2, -0.15) is 4.68 Å². The third-order valence-electron chi connectivity index (χ3n) is 4.74. The third kappa shape index (κ3) is 3.55. The van der Waals surface area contributed by atoms with Gasteiger partial charge in [0.05, 0.1) is 18.0 Å². The van der Waals surface area contributed by atoms with E-state index in [1.165, 1.54) is 18.4 Å². The Morgan fingerprint density at radius 2 is 1.64 bits per heavy atom. The standard InChI is InChI=1S/C20H19N7S/c1-3-7-15(8-4-1)13-26-19(16-11-12-16)22-23-20(26)28-14-18-21-24-25-27(18)17-9-5-2-6-10-17/h1-10,16H,11-14H2. The molecule has 2 aromatic heterocycles. The van der Waals surface area contributed by atoms with E-state index in [2.05, 4.69) is 54.6 Å². The van der Waals surface area contributed by atoms with Crippen LogP contribution >= 0.6 is 11.8 Å². The predicted molar refractivity (Wildman–Crippen MR) is 106 cm³/mol. The second kappa shape index (κ2) is 7.55. The van der Waals surface area contributed by atoms with Crippen LogP contribution in [0, 0.1) is 0 Å². The van der Waals surface area contributed by atoms with Gasteiger partial charge < -0.3 is 4.57 Å². The number of nitrogens with zero attached hydrogens (tertiary/aromatic N) is 7. The number of tetrazole rings is 1. The van der Waals surface area contributed by atoms with Crippen molar-refractivity contribution in [3.63, 3.8) is 0 Å². The lowest BCUT2D eigenvalue weighted by atomic mass is 10.2. The van der Waals surface area contributed by atoms with E-state index in [9.17, 15) is 0 Å². The second-order valence-electron chi connectivity index (χ2n) is 6.82. The highest BCUT2D eigenvalue weighted by Crippen LogP contribution is 2.40. The van der Waals surface area contributed by atoms with Crippen LogP contribution in [0.1, 0.15) is 36.0 Å². The van der Waals surface area contributed by atoms with Crippen molar-refractivity contribution in [2.24, 2.45) is 0 Å². The van der Waals surface area contributed by atoms with Crippen molar-refractivity contribution in [2.45, 2.75) is 36.2 Å². The summed E-state index contributed by atoms with van der Waals surface area (Å²) in [4.78, 5) is 0. The molecule has 1 aliphatic carbocycles. The van der Waals surface area contributed by atoms with Crippen molar-refractivity contribution in [1.82, 2.24) is 35.0 Å². The monoisotopic (exact) mass is 389 g/mol. The number of para-hydroxylation sites is 1. The summed E-state index contributed by atoms with van der Waals surface area (Å²) in [7, 11) is 0. The number of rotatable bonds is 7. The summed E-state index contributed by atoms with van der Waals surface area (Å²) < 4.78 is 4.01. The van der Waals surface area contributed by atoms with E-state index in [1.54, 1.807) is 16.4 Å². The van der Waals surface area contributed by atoms with Crippen LogP contribution in [0.3, 0.4) is 0 Å². The normalized spacial score (nSPS) is 13.7. The zero-order valence-electron chi connectivity index (χ0n) is 15.2. The third-order valence-corrected chi connectivity index (χ3v) is 5.70. The summed E-state index contributed by atoms with van der Waals surface area (Å²) in [6.07, 6.45) is 2.40. The van der Waals surface area contributed by atoms with Gasteiger partial charge in [0.2, 0.25) is 0 Å². The zero-order valence-corrected chi connectivity index (χ0v) is 16.0. The van der Waals surface area contributed by atoms with Gasteiger partial charge in [0.1, 0.15) is 5.82 Å². The molecule has 4 aromatic rings. The first-order chi connectivity index (χ1) is 13.9. The quantitative estimate of drug-likeness (QED) is 0.451. The molecule has 2 heterocycles. The van der Waals surface area contributed by atoms with E-state index < -0.39 is 0 Å². The minimum Gasteiger partial charge on any atom is -0.301 e. The van der Waals surface area contributed by atoms with Crippen LogP contribution in [0.4, 0.5) is 0 Å². The van der Waals surface area contributed by atoms with Crippen molar-refractivity contribution >= 4 is 11.8 Å². The first kappa shape index (κ1) is 17.1. The fourth-order valence-electron chi connectivity index (χ4n) is 3.16. The van der Waals surface area contributed by atoms with E-state index in [4.69, 9.17) is 0 Å². The number of hydrogen-bond acceptors (Lipinski definition) is 6. The molecule has 28 heavy (non-hydrogen) atoms. The fourth-order valence-corrected chi connectivity index (χ4v) is 4.01. The molecule has 0 spiro atoms. The fraction of sp³-hybridized carbons (Fsp3) is 0.250. The molecule has 0 atom stereocenters. The molecule has 0 aliphatic heterocycles. The van der Waals surface area contributed by atoms with Gasteiger partial charge in [-0.25, -0.2) is 0 Å². The molecular formula is C20H19N7S. The summed E-state index contributed by atoms with van der Waals surface area (Å²) in [6.45, 7) is 0.783. The van der Waals surface area contributed by atoms with Gasteiger partial charge in [-0.05, 0) is 41.0 Å². The van der Waals surface area contributed by atoms with Crippen LogP contribution in [-0.2, 0) is 12.3 Å². The molecule has 0 N–H and O–H groups in total. The van der Waals surface area contributed by atoms with Gasteiger partial charge in [0, 0.05) is 5.92 Å². The van der Waals surface area contributed by atoms with Gasteiger partial charge in [0.25, 0.3) is 0 Å². The van der Waals surface area contributed by atoms with Crippen molar-refractivity contribution in [2.75, 3.05) is 0 Å². The average molecular weight is 389 g/mol. The zero-order chi connectivity index (χ0) is 18.8. The number of thioether (sulfide) groups is 1. The molecule has 0 unspecified atom stereocenters. The topological polar surface area (TPSA) is 74.3 Å². The first-order valence-corrected chi connectivity index (χ1v) is 10.3. The summed E-state index contributed by atoms with van der Waals surface area (Å²) in [6, 6.07) is 20.4. The number of aromatic nitrogens is 7. The highest BCUT2D eigenvalue weighted by molar-refractivity contribution is 7.98. The number of hydrogen-bond donors (Lipinski definition) is 0. The highest BCUT2D eigenvalue weighted by atomic mass is 32.2. The second-order valence-corrected chi connectivity index (χ2v) is 7.76. The molecular weight excluding hydrogens is 370 g/mol. The van der Waals surface area contributed by atoms with Gasteiger partial charge in [-0.1, -0.05) is 60.3 Å². The maximum atomic E-state index is 4.49. The molecule has 1 fully saturated rings. The van der Waals surface area contributed by atoms with E-state index >= 15 is 0 Å². The van der Waals surface area contributed by atoms with E-state index in [0.29, 0.717) is 11.7 Å². The van der Waals surface area contributed by atoms with Crippen molar-refractivity contribution in [3.8, 4) is 5.69 Å². The molecule has 0 radical (unpaired) electrons. The molecule has 7 nitrogen and oxygen atoms in total. The maximum absolute atomic E-state index is 4.49. The Kier molecular flexibility index (Phi) is 4.62. The Bertz CT molecular complexity index is 1050. The van der Waals surface area contributed by atoms with Crippen molar-refractivity contribution in [3.05, 3.63) is 77.9 Å².